The Morgan fingerprint density at radius 1 is 1.37 bits per heavy atom. The molecule has 1 aromatic rings. The van der Waals surface area contributed by atoms with Gasteiger partial charge in [0.25, 0.3) is 5.91 Å². The summed E-state index contributed by atoms with van der Waals surface area (Å²) in [6, 6.07) is 3.25. The number of nitrogens with zero attached hydrogens (tertiary/aromatic N) is 1. The average Bonchev–Trinajstić information content (AvgIpc) is 2.37. The largest absolute Gasteiger partial charge is 0.384 e. The van der Waals surface area contributed by atoms with Gasteiger partial charge in [-0.05, 0) is 18.1 Å². The molecule has 0 aliphatic carbocycles. The van der Waals surface area contributed by atoms with Gasteiger partial charge in [0.15, 0.2) is 0 Å². The highest BCUT2D eigenvalue weighted by molar-refractivity contribution is 5.95. The second-order valence-electron chi connectivity index (χ2n) is 4.54. The van der Waals surface area contributed by atoms with Gasteiger partial charge >= 0.3 is 0 Å². The maximum Gasteiger partial charge on any atom is 0.251 e. The highest BCUT2D eigenvalue weighted by atomic mass is 16.2. The summed E-state index contributed by atoms with van der Waals surface area (Å²) in [5, 5.41) is 5.17. The fraction of sp³-hybridized carbons (Fsp3) is 0.462. The number of hydrogen-bond acceptors (Lipinski definition) is 4. The van der Waals surface area contributed by atoms with Crippen molar-refractivity contribution in [1.29, 1.82) is 0 Å². The number of hydrogen-bond donors (Lipinski definition) is 3. The molecule has 6 heteroatoms. The van der Waals surface area contributed by atoms with Crippen molar-refractivity contribution in [3.05, 3.63) is 23.4 Å². The molecular weight excluding hydrogens is 244 g/mol. The van der Waals surface area contributed by atoms with Gasteiger partial charge in [0, 0.05) is 31.3 Å². The SMILES string of the molecule is CNC(=O)CCNC(=O)c1cc(N)nc(C(C)C)c1. The third-order valence-electron chi connectivity index (χ3n) is 2.64. The molecule has 1 rings (SSSR count). The minimum absolute atomic E-state index is 0.114. The molecule has 0 fully saturated rings. The molecule has 0 saturated carbocycles. The van der Waals surface area contributed by atoms with Gasteiger partial charge in [-0.25, -0.2) is 4.98 Å². The van der Waals surface area contributed by atoms with E-state index in [1.807, 2.05) is 13.8 Å². The first-order chi connectivity index (χ1) is 8.93. The molecule has 0 aromatic carbocycles. The maximum atomic E-state index is 11.9. The molecule has 0 unspecified atom stereocenters. The fourth-order valence-corrected chi connectivity index (χ4v) is 1.52. The van der Waals surface area contributed by atoms with E-state index in [2.05, 4.69) is 15.6 Å². The molecule has 6 nitrogen and oxygen atoms in total. The standard InChI is InChI=1S/C13H20N4O2/c1-8(2)10-6-9(7-11(14)17-10)13(19)16-5-4-12(18)15-3/h6-8H,4-5H2,1-3H3,(H2,14,17)(H,15,18)(H,16,19). The van der Waals surface area contributed by atoms with E-state index < -0.39 is 0 Å². The van der Waals surface area contributed by atoms with Crippen LogP contribution in [-0.2, 0) is 4.79 Å². The Labute approximate surface area is 112 Å². The minimum Gasteiger partial charge on any atom is -0.384 e. The van der Waals surface area contributed by atoms with Crippen LogP contribution in [0.5, 0.6) is 0 Å². The smallest absolute Gasteiger partial charge is 0.251 e. The van der Waals surface area contributed by atoms with E-state index in [-0.39, 0.29) is 30.7 Å². The van der Waals surface area contributed by atoms with Crippen molar-refractivity contribution in [1.82, 2.24) is 15.6 Å². The van der Waals surface area contributed by atoms with E-state index in [1.54, 1.807) is 13.1 Å². The maximum absolute atomic E-state index is 11.9. The molecule has 1 aromatic heterocycles. The van der Waals surface area contributed by atoms with Crippen LogP contribution >= 0.6 is 0 Å². The number of aromatic nitrogens is 1. The number of anilines is 1. The number of nitrogens with one attached hydrogen (secondary N) is 2. The van der Waals surface area contributed by atoms with Gasteiger partial charge in [0.05, 0.1) is 0 Å². The monoisotopic (exact) mass is 264 g/mol. The first kappa shape index (κ1) is 14.9. The lowest BCUT2D eigenvalue weighted by Crippen LogP contribution is -2.29. The average molecular weight is 264 g/mol. The lowest BCUT2D eigenvalue weighted by molar-refractivity contribution is -0.120. The number of nitrogen functional groups attached to an aromatic ring is 1. The van der Waals surface area contributed by atoms with Gasteiger partial charge in [0.2, 0.25) is 5.91 Å². The second kappa shape index (κ2) is 6.72. The van der Waals surface area contributed by atoms with Crippen molar-refractivity contribution in [2.75, 3.05) is 19.3 Å². The van der Waals surface area contributed by atoms with Crippen molar-refractivity contribution in [3.63, 3.8) is 0 Å². The molecule has 2 amide bonds. The van der Waals surface area contributed by atoms with Crippen LogP contribution < -0.4 is 16.4 Å². The van der Waals surface area contributed by atoms with Crippen LogP contribution in [-0.4, -0.2) is 30.4 Å². The molecular formula is C13H20N4O2. The van der Waals surface area contributed by atoms with Gasteiger partial charge in [-0.3, -0.25) is 9.59 Å². The van der Waals surface area contributed by atoms with Crippen molar-refractivity contribution in [2.45, 2.75) is 26.2 Å². The molecule has 1 heterocycles. The molecule has 0 bridgehead atoms. The van der Waals surface area contributed by atoms with Gasteiger partial charge in [0.1, 0.15) is 5.82 Å². The van der Waals surface area contributed by atoms with Crippen LogP contribution in [0.15, 0.2) is 12.1 Å². The van der Waals surface area contributed by atoms with E-state index in [9.17, 15) is 9.59 Å². The van der Waals surface area contributed by atoms with Crippen LogP contribution in [0, 0.1) is 0 Å². The summed E-state index contributed by atoms with van der Waals surface area (Å²) in [5.41, 5.74) is 6.92. The quantitative estimate of drug-likeness (QED) is 0.727. The Kier molecular flexibility index (Phi) is 5.29. The Hall–Kier alpha value is -2.11. The number of rotatable bonds is 5. The number of amides is 2. The summed E-state index contributed by atoms with van der Waals surface area (Å²) in [6.07, 6.45) is 0.250. The third-order valence-corrected chi connectivity index (χ3v) is 2.64. The summed E-state index contributed by atoms with van der Waals surface area (Å²) in [5.74, 6) is 0.154. The minimum atomic E-state index is -0.250. The van der Waals surface area contributed by atoms with Gasteiger partial charge in [-0.1, -0.05) is 13.8 Å². The number of nitrogens with two attached hydrogens (primary N) is 1. The topological polar surface area (TPSA) is 97.1 Å². The molecule has 0 saturated heterocycles. The van der Waals surface area contributed by atoms with Crippen LogP contribution in [0.3, 0.4) is 0 Å². The zero-order chi connectivity index (χ0) is 14.4. The van der Waals surface area contributed by atoms with Crippen LogP contribution in [0.2, 0.25) is 0 Å². The summed E-state index contributed by atoms with van der Waals surface area (Å²) in [4.78, 5) is 27.1. The molecule has 0 aliphatic heterocycles. The zero-order valence-corrected chi connectivity index (χ0v) is 11.5. The number of pyridine rings is 1. The first-order valence-electron chi connectivity index (χ1n) is 6.20. The van der Waals surface area contributed by atoms with Crippen LogP contribution in [0.4, 0.5) is 5.82 Å². The molecule has 0 aliphatic rings. The Balaban J connectivity index is 2.69. The van der Waals surface area contributed by atoms with E-state index in [0.29, 0.717) is 11.4 Å². The van der Waals surface area contributed by atoms with Gasteiger partial charge < -0.3 is 16.4 Å². The molecule has 0 radical (unpaired) electrons. The zero-order valence-electron chi connectivity index (χ0n) is 11.5. The van der Waals surface area contributed by atoms with E-state index in [0.717, 1.165) is 5.69 Å². The summed E-state index contributed by atoms with van der Waals surface area (Å²) in [7, 11) is 1.56. The van der Waals surface area contributed by atoms with E-state index >= 15 is 0 Å². The summed E-state index contributed by atoms with van der Waals surface area (Å²) >= 11 is 0. The number of carbonyl (C=O) groups excluding carboxylic acids is 2. The number of carbonyl (C=O) groups is 2. The van der Waals surface area contributed by atoms with Crippen molar-refractivity contribution in [2.24, 2.45) is 0 Å². The molecule has 0 spiro atoms. The lowest BCUT2D eigenvalue weighted by Gasteiger charge is -2.09. The predicted octanol–water partition coefficient (Wildman–Crippen LogP) is 0.653. The van der Waals surface area contributed by atoms with E-state index in [1.165, 1.54) is 6.07 Å². The molecule has 0 atom stereocenters. The summed E-state index contributed by atoms with van der Waals surface area (Å²) in [6.45, 7) is 4.25. The Morgan fingerprint density at radius 3 is 2.63 bits per heavy atom. The van der Waals surface area contributed by atoms with Crippen molar-refractivity contribution < 1.29 is 9.59 Å². The molecule has 19 heavy (non-hydrogen) atoms. The van der Waals surface area contributed by atoms with E-state index in [4.69, 9.17) is 5.73 Å². The lowest BCUT2D eigenvalue weighted by atomic mass is 10.1. The van der Waals surface area contributed by atoms with Crippen LogP contribution in [0.25, 0.3) is 0 Å². The Morgan fingerprint density at radius 2 is 2.05 bits per heavy atom. The first-order valence-corrected chi connectivity index (χ1v) is 6.20. The fourth-order valence-electron chi connectivity index (χ4n) is 1.52. The Bertz CT molecular complexity index is 472. The molecule has 104 valence electrons. The van der Waals surface area contributed by atoms with Crippen molar-refractivity contribution in [3.8, 4) is 0 Å². The van der Waals surface area contributed by atoms with Crippen molar-refractivity contribution >= 4 is 17.6 Å². The van der Waals surface area contributed by atoms with Gasteiger partial charge in [-0.15, -0.1) is 0 Å². The highest BCUT2D eigenvalue weighted by Gasteiger charge is 2.11. The second-order valence-corrected chi connectivity index (χ2v) is 4.54. The third kappa shape index (κ3) is 4.57. The highest BCUT2D eigenvalue weighted by Crippen LogP contribution is 2.15. The normalized spacial score (nSPS) is 10.3. The summed E-state index contributed by atoms with van der Waals surface area (Å²) < 4.78 is 0. The molecule has 4 N–H and O–H groups in total. The van der Waals surface area contributed by atoms with Gasteiger partial charge in [-0.2, -0.15) is 0 Å². The van der Waals surface area contributed by atoms with Crippen LogP contribution in [0.1, 0.15) is 42.2 Å². The predicted molar refractivity (Wildman–Crippen MR) is 73.8 cm³/mol.